The van der Waals surface area contributed by atoms with Crippen molar-refractivity contribution < 1.29 is 14.3 Å². The highest BCUT2D eigenvalue weighted by Gasteiger charge is 2.45. The van der Waals surface area contributed by atoms with Crippen LogP contribution in [0, 0.1) is 11.8 Å². The number of likely N-dealkylation sites (tertiary alicyclic amines) is 1. The minimum atomic E-state index is -0.442. The Morgan fingerprint density at radius 2 is 2.18 bits per heavy atom. The zero-order valence-corrected chi connectivity index (χ0v) is 10.8. The average Bonchev–Trinajstić information content (AvgIpc) is 2.72. The third-order valence-corrected chi connectivity index (χ3v) is 3.39. The Morgan fingerprint density at radius 3 is 2.76 bits per heavy atom. The van der Waals surface area contributed by atoms with Crippen LogP contribution in [0.4, 0.5) is 4.79 Å². The highest BCUT2D eigenvalue weighted by Crippen LogP contribution is 2.33. The van der Waals surface area contributed by atoms with Crippen molar-refractivity contribution in [3.05, 3.63) is 0 Å². The lowest BCUT2D eigenvalue weighted by atomic mass is 9.93. The first-order chi connectivity index (χ1) is 7.90. The van der Waals surface area contributed by atoms with Gasteiger partial charge in [0.05, 0.1) is 19.3 Å². The summed E-state index contributed by atoms with van der Waals surface area (Å²) in [6.07, 6.45) is -0.0951. The van der Waals surface area contributed by atoms with Crippen LogP contribution in [-0.4, -0.2) is 48.9 Å². The number of ether oxygens (including phenoxy) is 2. The van der Waals surface area contributed by atoms with Gasteiger partial charge in [0.15, 0.2) is 0 Å². The summed E-state index contributed by atoms with van der Waals surface area (Å²) in [7, 11) is 0. The molecule has 5 nitrogen and oxygen atoms in total. The molecule has 2 rings (SSSR count). The summed E-state index contributed by atoms with van der Waals surface area (Å²) in [5, 5.41) is 0. The van der Waals surface area contributed by atoms with Gasteiger partial charge < -0.3 is 20.1 Å². The van der Waals surface area contributed by atoms with Gasteiger partial charge in [0.1, 0.15) is 5.60 Å². The molecule has 2 saturated heterocycles. The molecule has 0 aromatic heterocycles. The molecule has 5 heteroatoms. The van der Waals surface area contributed by atoms with E-state index in [2.05, 4.69) is 0 Å². The Bertz CT molecular complexity index is 301. The van der Waals surface area contributed by atoms with Crippen molar-refractivity contribution >= 4 is 6.09 Å². The zero-order valence-electron chi connectivity index (χ0n) is 10.8. The van der Waals surface area contributed by atoms with Crippen LogP contribution in [0.1, 0.15) is 20.8 Å². The standard InChI is InChI=1S/C12H22N2O3/c1-12(2,3)17-11(15)14-5-9-8(4-13)7-16-10(9)6-14/h8-10H,4-7,13H2,1-3H3/t8-,9-,10-/m0/s1. The van der Waals surface area contributed by atoms with Crippen LogP contribution in [0.2, 0.25) is 0 Å². The molecule has 0 bridgehead atoms. The van der Waals surface area contributed by atoms with Crippen molar-refractivity contribution in [3.8, 4) is 0 Å². The Hall–Kier alpha value is -0.810. The second kappa shape index (κ2) is 4.46. The zero-order chi connectivity index (χ0) is 12.6. The summed E-state index contributed by atoms with van der Waals surface area (Å²) in [6.45, 7) is 8.33. The molecule has 2 N–H and O–H groups in total. The summed E-state index contributed by atoms with van der Waals surface area (Å²) in [5.41, 5.74) is 5.26. The summed E-state index contributed by atoms with van der Waals surface area (Å²) in [4.78, 5) is 13.6. The Morgan fingerprint density at radius 1 is 1.47 bits per heavy atom. The fourth-order valence-electron chi connectivity index (χ4n) is 2.52. The van der Waals surface area contributed by atoms with E-state index in [0.717, 1.165) is 6.61 Å². The van der Waals surface area contributed by atoms with Crippen LogP contribution < -0.4 is 5.73 Å². The number of carbonyl (C=O) groups excluding carboxylic acids is 1. The van der Waals surface area contributed by atoms with Gasteiger partial charge in [-0.3, -0.25) is 0 Å². The van der Waals surface area contributed by atoms with Crippen molar-refractivity contribution in [1.29, 1.82) is 0 Å². The predicted octanol–water partition coefficient (Wildman–Crippen LogP) is 0.827. The second-order valence-corrected chi connectivity index (χ2v) is 5.92. The molecule has 0 radical (unpaired) electrons. The summed E-state index contributed by atoms with van der Waals surface area (Å²) in [6, 6.07) is 0. The lowest BCUT2D eigenvalue weighted by molar-refractivity contribution is 0.0224. The fourth-order valence-corrected chi connectivity index (χ4v) is 2.52. The smallest absolute Gasteiger partial charge is 0.410 e. The number of hydrogen-bond donors (Lipinski definition) is 1. The van der Waals surface area contributed by atoms with Gasteiger partial charge in [-0.2, -0.15) is 0 Å². The van der Waals surface area contributed by atoms with Gasteiger partial charge in [-0.1, -0.05) is 0 Å². The van der Waals surface area contributed by atoms with Crippen molar-refractivity contribution in [2.45, 2.75) is 32.5 Å². The van der Waals surface area contributed by atoms with Crippen LogP contribution in [0.25, 0.3) is 0 Å². The topological polar surface area (TPSA) is 64.8 Å². The average molecular weight is 242 g/mol. The van der Waals surface area contributed by atoms with Crippen LogP contribution in [0.15, 0.2) is 0 Å². The van der Waals surface area contributed by atoms with Gasteiger partial charge in [0.2, 0.25) is 0 Å². The Kier molecular flexibility index (Phi) is 3.32. The van der Waals surface area contributed by atoms with Gasteiger partial charge in [0.25, 0.3) is 0 Å². The van der Waals surface area contributed by atoms with Crippen LogP contribution in [0.5, 0.6) is 0 Å². The molecule has 17 heavy (non-hydrogen) atoms. The normalized spacial score (nSPS) is 32.7. The van der Waals surface area contributed by atoms with Gasteiger partial charge in [-0.05, 0) is 27.3 Å². The van der Waals surface area contributed by atoms with E-state index < -0.39 is 5.60 Å². The van der Waals surface area contributed by atoms with Crippen LogP contribution in [0.3, 0.4) is 0 Å². The van der Waals surface area contributed by atoms with E-state index in [-0.39, 0.29) is 12.2 Å². The highest BCUT2D eigenvalue weighted by molar-refractivity contribution is 5.68. The molecule has 0 unspecified atom stereocenters. The molecule has 3 atom stereocenters. The maximum Gasteiger partial charge on any atom is 0.410 e. The molecule has 2 fully saturated rings. The molecule has 2 heterocycles. The van der Waals surface area contributed by atoms with Crippen molar-refractivity contribution in [1.82, 2.24) is 4.90 Å². The lowest BCUT2D eigenvalue weighted by Gasteiger charge is -2.25. The van der Waals surface area contributed by atoms with Crippen molar-refractivity contribution in [3.63, 3.8) is 0 Å². The van der Waals surface area contributed by atoms with E-state index in [1.165, 1.54) is 0 Å². The summed E-state index contributed by atoms with van der Waals surface area (Å²) >= 11 is 0. The predicted molar refractivity (Wildman–Crippen MR) is 63.6 cm³/mol. The molecule has 0 spiro atoms. The van der Waals surface area contributed by atoms with Crippen molar-refractivity contribution in [2.24, 2.45) is 17.6 Å². The van der Waals surface area contributed by atoms with Crippen molar-refractivity contribution in [2.75, 3.05) is 26.2 Å². The fraction of sp³-hybridized carbons (Fsp3) is 0.917. The van der Waals surface area contributed by atoms with E-state index in [4.69, 9.17) is 15.2 Å². The number of amides is 1. The van der Waals surface area contributed by atoms with E-state index >= 15 is 0 Å². The molecule has 0 aliphatic carbocycles. The van der Waals surface area contributed by atoms with E-state index in [1.807, 2.05) is 20.8 Å². The number of fused-ring (bicyclic) bond motifs is 1. The van der Waals surface area contributed by atoms with Crippen LogP contribution in [-0.2, 0) is 9.47 Å². The maximum atomic E-state index is 11.9. The number of rotatable bonds is 1. The molecular formula is C12H22N2O3. The molecule has 2 aliphatic heterocycles. The van der Waals surface area contributed by atoms with Gasteiger partial charge >= 0.3 is 6.09 Å². The number of nitrogens with zero attached hydrogens (tertiary/aromatic N) is 1. The van der Waals surface area contributed by atoms with E-state index in [1.54, 1.807) is 4.90 Å². The minimum Gasteiger partial charge on any atom is -0.444 e. The third-order valence-electron chi connectivity index (χ3n) is 3.39. The largest absolute Gasteiger partial charge is 0.444 e. The monoisotopic (exact) mass is 242 g/mol. The van der Waals surface area contributed by atoms with Crippen LogP contribution >= 0.6 is 0 Å². The van der Waals surface area contributed by atoms with E-state index in [0.29, 0.717) is 31.5 Å². The SMILES string of the molecule is CC(C)(C)OC(=O)N1C[C@H]2[C@@H](CN)CO[C@H]2C1. The Balaban J connectivity index is 1.92. The quantitative estimate of drug-likeness (QED) is 0.739. The van der Waals surface area contributed by atoms with E-state index in [9.17, 15) is 4.79 Å². The first-order valence-corrected chi connectivity index (χ1v) is 6.20. The summed E-state index contributed by atoms with van der Waals surface area (Å²) in [5.74, 6) is 0.764. The summed E-state index contributed by atoms with van der Waals surface area (Å²) < 4.78 is 11.0. The van der Waals surface area contributed by atoms with Gasteiger partial charge in [0, 0.05) is 18.4 Å². The molecule has 0 saturated carbocycles. The molecule has 0 aromatic rings. The molecular weight excluding hydrogens is 220 g/mol. The number of carbonyl (C=O) groups is 1. The highest BCUT2D eigenvalue weighted by atomic mass is 16.6. The second-order valence-electron chi connectivity index (χ2n) is 5.92. The first-order valence-electron chi connectivity index (χ1n) is 6.20. The minimum absolute atomic E-state index is 0.149. The van der Waals surface area contributed by atoms with Gasteiger partial charge in [-0.25, -0.2) is 4.79 Å². The maximum absolute atomic E-state index is 11.9. The molecule has 1 amide bonds. The van der Waals surface area contributed by atoms with Gasteiger partial charge in [-0.15, -0.1) is 0 Å². The number of nitrogens with two attached hydrogens (primary N) is 1. The molecule has 0 aromatic carbocycles. The number of hydrogen-bond acceptors (Lipinski definition) is 4. The first kappa shape index (κ1) is 12.6. The molecule has 2 aliphatic rings. The third kappa shape index (κ3) is 2.72. The Labute approximate surface area is 102 Å². The molecule has 98 valence electrons. The lowest BCUT2D eigenvalue weighted by Crippen LogP contribution is -2.37.